The van der Waals surface area contributed by atoms with Gasteiger partial charge in [-0.1, -0.05) is 49.8 Å². The average molecular weight is 260 g/mol. The molecule has 0 spiro atoms. The van der Waals surface area contributed by atoms with Gasteiger partial charge in [-0.15, -0.1) is 0 Å². The first-order chi connectivity index (χ1) is 9.26. The number of carbonyl (C=O) groups is 1. The van der Waals surface area contributed by atoms with Crippen LogP contribution in [0, 0.1) is 11.8 Å². The lowest BCUT2D eigenvalue weighted by Gasteiger charge is -2.10. The predicted molar refractivity (Wildman–Crippen MR) is 74.7 cm³/mol. The molecule has 1 atom stereocenters. The molecule has 1 unspecified atom stereocenters. The summed E-state index contributed by atoms with van der Waals surface area (Å²) in [6.07, 6.45) is 2.87. The van der Waals surface area contributed by atoms with E-state index in [-0.39, 0.29) is 0 Å². The monoisotopic (exact) mass is 260 g/mol. The van der Waals surface area contributed by atoms with Crippen molar-refractivity contribution in [2.75, 3.05) is 7.11 Å². The summed E-state index contributed by atoms with van der Waals surface area (Å²) in [4.78, 5) is 11.2. The van der Waals surface area contributed by atoms with E-state index in [9.17, 15) is 4.79 Å². The number of hydrogen-bond acceptors (Lipinski definition) is 3. The molecule has 0 aliphatic rings. The summed E-state index contributed by atoms with van der Waals surface area (Å²) in [6.45, 7) is 2.13. The molecule has 19 heavy (non-hydrogen) atoms. The number of hydrogen-bond donors (Lipinski definition) is 0. The van der Waals surface area contributed by atoms with Crippen molar-refractivity contribution >= 4 is 6.16 Å². The third kappa shape index (κ3) is 6.52. The Bertz CT molecular complexity index is 428. The highest BCUT2D eigenvalue weighted by Gasteiger charge is 2.11. The zero-order valence-electron chi connectivity index (χ0n) is 11.5. The fourth-order valence-electron chi connectivity index (χ4n) is 1.59. The second-order valence-electron chi connectivity index (χ2n) is 4.19. The summed E-state index contributed by atoms with van der Waals surface area (Å²) in [6, 6.07) is 9.64. The maximum Gasteiger partial charge on any atom is 0.509 e. The van der Waals surface area contributed by atoms with Gasteiger partial charge in [-0.05, 0) is 25.0 Å². The summed E-state index contributed by atoms with van der Waals surface area (Å²) < 4.78 is 9.64. The van der Waals surface area contributed by atoms with E-state index in [1.165, 1.54) is 7.11 Å². The Labute approximate surface area is 114 Å². The third-order valence-electron chi connectivity index (χ3n) is 2.63. The summed E-state index contributed by atoms with van der Waals surface area (Å²) in [5.74, 6) is 6.01. The maximum atomic E-state index is 11.2. The van der Waals surface area contributed by atoms with Gasteiger partial charge in [-0.2, -0.15) is 0 Å². The van der Waals surface area contributed by atoms with Crippen molar-refractivity contribution < 1.29 is 14.3 Å². The molecule has 0 heterocycles. The molecule has 1 aromatic carbocycles. The molecule has 0 saturated heterocycles. The molecule has 3 heteroatoms. The Balaban J connectivity index is 2.62. The Morgan fingerprint density at radius 3 is 2.63 bits per heavy atom. The minimum Gasteiger partial charge on any atom is -0.438 e. The van der Waals surface area contributed by atoms with E-state index in [0.717, 1.165) is 31.2 Å². The first kappa shape index (κ1) is 15.1. The van der Waals surface area contributed by atoms with Crippen molar-refractivity contribution in [2.45, 2.75) is 38.7 Å². The van der Waals surface area contributed by atoms with E-state index in [0.29, 0.717) is 0 Å². The van der Waals surface area contributed by atoms with E-state index in [1.807, 2.05) is 30.3 Å². The topological polar surface area (TPSA) is 35.5 Å². The van der Waals surface area contributed by atoms with Crippen LogP contribution in [0.25, 0.3) is 0 Å². The molecule has 0 saturated carbocycles. The van der Waals surface area contributed by atoms with E-state index in [4.69, 9.17) is 4.74 Å². The van der Waals surface area contributed by atoms with Gasteiger partial charge < -0.3 is 9.47 Å². The zero-order chi connectivity index (χ0) is 13.9. The molecule has 0 amide bonds. The van der Waals surface area contributed by atoms with Crippen molar-refractivity contribution in [3.63, 3.8) is 0 Å². The molecule has 0 aromatic heterocycles. The highest BCUT2D eigenvalue weighted by Crippen LogP contribution is 2.07. The molecule has 0 bridgehead atoms. The molecular formula is C16H20O3. The van der Waals surface area contributed by atoms with Crippen molar-refractivity contribution in [1.29, 1.82) is 0 Å². The van der Waals surface area contributed by atoms with Crippen molar-refractivity contribution in [2.24, 2.45) is 0 Å². The first-order valence-corrected chi connectivity index (χ1v) is 6.57. The van der Waals surface area contributed by atoms with Crippen LogP contribution in [0.3, 0.4) is 0 Å². The molecule has 102 valence electrons. The van der Waals surface area contributed by atoms with Gasteiger partial charge in [0.15, 0.2) is 6.10 Å². The van der Waals surface area contributed by atoms with Crippen LogP contribution in [-0.4, -0.2) is 19.4 Å². The highest BCUT2D eigenvalue weighted by atomic mass is 16.7. The summed E-state index contributed by atoms with van der Waals surface area (Å²) >= 11 is 0. The lowest BCUT2D eigenvalue weighted by atomic mass is 10.1. The lowest BCUT2D eigenvalue weighted by Crippen LogP contribution is -2.16. The number of rotatable bonds is 5. The van der Waals surface area contributed by atoms with Crippen LogP contribution in [0.4, 0.5) is 4.79 Å². The van der Waals surface area contributed by atoms with E-state index in [2.05, 4.69) is 23.5 Å². The van der Waals surface area contributed by atoms with Crippen LogP contribution in [0.2, 0.25) is 0 Å². The SMILES string of the molecule is CCCCCC(C#Cc1ccccc1)OC(=O)OC. The van der Waals surface area contributed by atoms with Crippen LogP contribution >= 0.6 is 0 Å². The van der Waals surface area contributed by atoms with Crippen LogP contribution < -0.4 is 0 Å². The van der Waals surface area contributed by atoms with Gasteiger partial charge >= 0.3 is 6.16 Å². The zero-order valence-corrected chi connectivity index (χ0v) is 11.5. The van der Waals surface area contributed by atoms with Gasteiger partial charge in [-0.3, -0.25) is 0 Å². The highest BCUT2D eigenvalue weighted by molar-refractivity contribution is 5.60. The van der Waals surface area contributed by atoms with Crippen molar-refractivity contribution in [3.8, 4) is 11.8 Å². The van der Waals surface area contributed by atoms with Crippen LogP contribution in [0.1, 0.15) is 38.2 Å². The minimum atomic E-state index is -0.677. The van der Waals surface area contributed by atoms with Crippen LogP contribution in [-0.2, 0) is 9.47 Å². The smallest absolute Gasteiger partial charge is 0.438 e. The first-order valence-electron chi connectivity index (χ1n) is 6.57. The molecule has 0 radical (unpaired) electrons. The molecule has 0 fully saturated rings. The Hall–Kier alpha value is -1.95. The minimum absolute atomic E-state index is 0.404. The van der Waals surface area contributed by atoms with E-state index >= 15 is 0 Å². The number of methoxy groups -OCH3 is 1. The number of ether oxygens (including phenoxy) is 2. The van der Waals surface area contributed by atoms with Gasteiger partial charge in [-0.25, -0.2) is 4.79 Å². The largest absolute Gasteiger partial charge is 0.509 e. The number of carbonyl (C=O) groups excluding carboxylic acids is 1. The van der Waals surface area contributed by atoms with Gasteiger partial charge in [0.1, 0.15) is 0 Å². The van der Waals surface area contributed by atoms with Gasteiger partial charge in [0, 0.05) is 5.56 Å². The molecule has 3 nitrogen and oxygen atoms in total. The number of benzene rings is 1. The normalized spacial score (nSPS) is 11.1. The predicted octanol–water partition coefficient (Wildman–Crippen LogP) is 3.77. The molecular weight excluding hydrogens is 240 g/mol. The molecule has 0 aliphatic heterocycles. The van der Waals surface area contributed by atoms with Crippen molar-refractivity contribution in [1.82, 2.24) is 0 Å². The fraction of sp³-hybridized carbons (Fsp3) is 0.438. The third-order valence-corrected chi connectivity index (χ3v) is 2.63. The summed E-state index contributed by atoms with van der Waals surface area (Å²) in [7, 11) is 1.30. The van der Waals surface area contributed by atoms with Gasteiger partial charge in [0.2, 0.25) is 0 Å². The standard InChI is InChI=1S/C16H20O3/c1-3-4-6-11-15(19-16(17)18-2)13-12-14-9-7-5-8-10-14/h5,7-10,15H,3-4,6,11H2,1-2H3. The average Bonchev–Trinajstić information content (AvgIpc) is 2.45. The molecule has 0 N–H and O–H groups in total. The Kier molecular flexibility index (Phi) is 7.19. The van der Waals surface area contributed by atoms with E-state index < -0.39 is 12.3 Å². The van der Waals surface area contributed by atoms with Crippen molar-refractivity contribution in [3.05, 3.63) is 35.9 Å². The van der Waals surface area contributed by atoms with Gasteiger partial charge in [0.25, 0.3) is 0 Å². The molecule has 1 aromatic rings. The fourth-order valence-corrected chi connectivity index (χ4v) is 1.59. The van der Waals surface area contributed by atoms with E-state index in [1.54, 1.807) is 0 Å². The Morgan fingerprint density at radius 1 is 1.26 bits per heavy atom. The maximum absolute atomic E-state index is 11.2. The summed E-state index contributed by atoms with van der Waals surface area (Å²) in [5, 5.41) is 0. The quantitative estimate of drug-likeness (QED) is 0.459. The van der Waals surface area contributed by atoms with Crippen LogP contribution in [0.5, 0.6) is 0 Å². The second kappa shape index (κ2) is 9.04. The Morgan fingerprint density at radius 2 is 2.00 bits per heavy atom. The number of unbranched alkanes of at least 4 members (excludes halogenated alkanes) is 2. The lowest BCUT2D eigenvalue weighted by molar-refractivity contribution is 0.0521. The van der Waals surface area contributed by atoms with Gasteiger partial charge in [0.05, 0.1) is 7.11 Å². The van der Waals surface area contributed by atoms with Crippen LogP contribution in [0.15, 0.2) is 30.3 Å². The second-order valence-corrected chi connectivity index (χ2v) is 4.19. The molecule has 0 aliphatic carbocycles. The summed E-state index contributed by atoms with van der Waals surface area (Å²) in [5.41, 5.74) is 0.913. The molecule has 1 rings (SSSR count).